The van der Waals surface area contributed by atoms with E-state index in [2.05, 4.69) is 5.32 Å². The Kier molecular flexibility index (Phi) is 4.65. The van der Waals surface area contributed by atoms with E-state index in [-0.39, 0.29) is 29.7 Å². The van der Waals surface area contributed by atoms with Crippen molar-refractivity contribution >= 4 is 17.5 Å². The van der Waals surface area contributed by atoms with Crippen LogP contribution in [-0.2, 0) is 9.59 Å². The molecule has 4 heteroatoms. The van der Waals surface area contributed by atoms with Crippen LogP contribution in [0.5, 0.6) is 0 Å². The van der Waals surface area contributed by atoms with Crippen LogP contribution in [0, 0.1) is 11.8 Å². The molecule has 1 aliphatic carbocycles. The van der Waals surface area contributed by atoms with Gasteiger partial charge in [-0.1, -0.05) is 48.5 Å². The number of para-hydroxylation sites is 1. The van der Waals surface area contributed by atoms with Crippen LogP contribution in [0.3, 0.4) is 0 Å². The standard InChI is InChI=1S/C20H22N2O2/c1-14(15-9-5-3-6-10-15)21-19(23)17-13-18(17)20(24)22(2)16-11-7-4-8-12-16/h3-12,14,17-18H,13H2,1-2H3,(H,21,23). The maximum atomic E-state index is 12.5. The van der Waals surface area contributed by atoms with Crippen LogP contribution < -0.4 is 10.2 Å². The van der Waals surface area contributed by atoms with Gasteiger partial charge in [-0.3, -0.25) is 9.59 Å². The quantitative estimate of drug-likeness (QED) is 0.919. The molecule has 3 unspecified atom stereocenters. The fourth-order valence-corrected chi connectivity index (χ4v) is 2.93. The Bertz CT molecular complexity index is 715. The highest BCUT2D eigenvalue weighted by Gasteiger charge is 2.49. The molecule has 1 aliphatic rings. The number of rotatable bonds is 5. The topological polar surface area (TPSA) is 49.4 Å². The molecule has 3 atom stereocenters. The summed E-state index contributed by atoms with van der Waals surface area (Å²) in [5, 5.41) is 3.01. The molecular weight excluding hydrogens is 300 g/mol. The minimum Gasteiger partial charge on any atom is -0.349 e. The molecule has 4 nitrogen and oxygen atoms in total. The van der Waals surface area contributed by atoms with Gasteiger partial charge in [-0.25, -0.2) is 0 Å². The summed E-state index contributed by atoms with van der Waals surface area (Å²) in [6.45, 7) is 1.96. The Morgan fingerprint density at radius 1 is 1.00 bits per heavy atom. The summed E-state index contributed by atoms with van der Waals surface area (Å²) in [7, 11) is 1.76. The van der Waals surface area contributed by atoms with Gasteiger partial charge >= 0.3 is 0 Å². The van der Waals surface area contributed by atoms with Crippen molar-refractivity contribution in [3.05, 3.63) is 66.2 Å². The number of benzene rings is 2. The van der Waals surface area contributed by atoms with Crippen molar-refractivity contribution in [2.75, 3.05) is 11.9 Å². The number of hydrogen-bond acceptors (Lipinski definition) is 2. The van der Waals surface area contributed by atoms with Gasteiger partial charge in [0.1, 0.15) is 0 Å². The van der Waals surface area contributed by atoms with Crippen LogP contribution in [0.15, 0.2) is 60.7 Å². The van der Waals surface area contributed by atoms with Crippen molar-refractivity contribution in [3.8, 4) is 0 Å². The monoisotopic (exact) mass is 322 g/mol. The zero-order valence-corrected chi connectivity index (χ0v) is 14.0. The van der Waals surface area contributed by atoms with E-state index in [1.807, 2.05) is 67.6 Å². The van der Waals surface area contributed by atoms with Gasteiger partial charge in [0.15, 0.2) is 0 Å². The van der Waals surface area contributed by atoms with Gasteiger partial charge in [0, 0.05) is 12.7 Å². The zero-order valence-electron chi connectivity index (χ0n) is 14.0. The van der Waals surface area contributed by atoms with Crippen molar-refractivity contribution in [1.82, 2.24) is 5.32 Å². The van der Waals surface area contributed by atoms with Gasteiger partial charge in [-0.05, 0) is 31.0 Å². The van der Waals surface area contributed by atoms with Gasteiger partial charge in [0.25, 0.3) is 0 Å². The van der Waals surface area contributed by atoms with E-state index in [4.69, 9.17) is 0 Å². The molecule has 0 aliphatic heterocycles. The molecule has 24 heavy (non-hydrogen) atoms. The Balaban J connectivity index is 1.56. The second-order valence-electron chi connectivity index (χ2n) is 6.32. The lowest BCUT2D eigenvalue weighted by molar-refractivity contribution is -0.126. The molecule has 0 aromatic heterocycles. The van der Waals surface area contributed by atoms with E-state index in [0.717, 1.165) is 11.3 Å². The van der Waals surface area contributed by atoms with Crippen LogP contribution in [0.2, 0.25) is 0 Å². The van der Waals surface area contributed by atoms with E-state index < -0.39 is 0 Å². The summed E-state index contributed by atoms with van der Waals surface area (Å²) in [4.78, 5) is 26.5. The Morgan fingerprint density at radius 3 is 2.21 bits per heavy atom. The molecule has 0 saturated heterocycles. The van der Waals surface area contributed by atoms with Gasteiger partial charge in [-0.2, -0.15) is 0 Å². The number of amides is 2. The zero-order chi connectivity index (χ0) is 17.1. The van der Waals surface area contributed by atoms with Gasteiger partial charge in [-0.15, -0.1) is 0 Å². The first kappa shape index (κ1) is 16.2. The predicted octanol–water partition coefficient (Wildman–Crippen LogP) is 3.16. The second kappa shape index (κ2) is 6.87. The average molecular weight is 322 g/mol. The van der Waals surface area contributed by atoms with E-state index >= 15 is 0 Å². The largest absolute Gasteiger partial charge is 0.349 e. The van der Waals surface area contributed by atoms with Crippen LogP contribution in [0.4, 0.5) is 5.69 Å². The van der Waals surface area contributed by atoms with Crippen molar-refractivity contribution in [2.45, 2.75) is 19.4 Å². The highest BCUT2D eigenvalue weighted by Crippen LogP contribution is 2.41. The molecule has 3 rings (SSSR count). The normalized spacial score (nSPS) is 20.1. The van der Waals surface area contributed by atoms with Gasteiger partial charge < -0.3 is 10.2 Å². The molecule has 1 fully saturated rings. The number of nitrogens with one attached hydrogen (secondary N) is 1. The highest BCUT2D eigenvalue weighted by molar-refractivity contribution is 6.00. The number of carbonyl (C=O) groups is 2. The van der Waals surface area contributed by atoms with Crippen molar-refractivity contribution in [2.24, 2.45) is 11.8 Å². The molecule has 2 amide bonds. The average Bonchev–Trinajstić information content (AvgIpc) is 3.43. The van der Waals surface area contributed by atoms with Crippen LogP contribution in [-0.4, -0.2) is 18.9 Å². The first-order chi connectivity index (χ1) is 11.6. The molecule has 0 heterocycles. The first-order valence-corrected chi connectivity index (χ1v) is 8.26. The third-order valence-corrected chi connectivity index (χ3v) is 4.58. The summed E-state index contributed by atoms with van der Waals surface area (Å²) >= 11 is 0. The minimum atomic E-state index is -0.213. The third kappa shape index (κ3) is 3.48. The van der Waals surface area contributed by atoms with E-state index in [1.165, 1.54) is 0 Å². The SMILES string of the molecule is CC(NC(=O)C1CC1C(=O)N(C)c1ccccc1)c1ccccc1. The summed E-state index contributed by atoms with van der Waals surface area (Å²) < 4.78 is 0. The lowest BCUT2D eigenvalue weighted by Crippen LogP contribution is -2.32. The second-order valence-corrected chi connectivity index (χ2v) is 6.32. The lowest BCUT2D eigenvalue weighted by atomic mass is 10.1. The molecule has 0 spiro atoms. The number of anilines is 1. The molecule has 124 valence electrons. The van der Waals surface area contributed by atoms with E-state index in [0.29, 0.717) is 6.42 Å². The maximum absolute atomic E-state index is 12.5. The van der Waals surface area contributed by atoms with Crippen LogP contribution >= 0.6 is 0 Å². The molecular formula is C20H22N2O2. The van der Waals surface area contributed by atoms with Gasteiger partial charge in [0.2, 0.25) is 11.8 Å². The predicted molar refractivity (Wildman–Crippen MR) is 94.4 cm³/mol. The molecule has 0 radical (unpaired) electrons. The fraction of sp³-hybridized carbons (Fsp3) is 0.300. The van der Waals surface area contributed by atoms with E-state index in [1.54, 1.807) is 11.9 Å². The number of carbonyl (C=O) groups excluding carboxylic acids is 2. The summed E-state index contributed by atoms with van der Waals surface area (Å²) in [5.41, 5.74) is 1.92. The molecule has 2 aromatic rings. The van der Waals surface area contributed by atoms with E-state index in [9.17, 15) is 9.59 Å². The molecule has 2 aromatic carbocycles. The smallest absolute Gasteiger partial charge is 0.230 e. The number of hydrogen-bond donors (Lipinski definition) is 1. The van der Waals surface area contributed by atoms with Crippen molar-refractivity contribution < 1.29 is 9.59 Å². The molecule has 1 saturated carbocycles. The van der Waals surface area contributed by atoms with Crippen LogP contribution in [0.25, 0.3) is 0 Å². The number of nitrogens with zero attached hydrogens (tertiary/aromatic N) is 1. The minimum absolute atomic E-state index is 0.00807. The Hall–Kier alpha value is -2.62. The highest BCUT2D eigenvalue weighted by atomic mass is 16.2. The third-order valence-electron chi connectivity index (χ3n) is 4.58. The maximum Gasteiger partial charge on any atom is 0.230 e. The molecule has 0 bridgehead atoms. The summed E-state index contributed by atoms with van der Waals surface area (Å²) in [6.07, 6.45) is 0.628. The van der Waals surface area contributed by atoms with Crippen molar-refractivity contribution in [1.29, 1.82) is 0 Å². The summed E-state index contributed by atoms with van der Waals surface area (Å²) in [6, 6.07) is 19.3. The lowest BCUT2D eigenvalue weighted by Gasteiger charge is -2.18. The molecule has 1 N–H and O–H groups in total. The Labute approximate surface area is 142 Å². The fourth-order valence-electron chi connectivity index (χ4n) is 2.93. The summed E-state index contributed by atoms with van der Waals surface area (Å²) in [5.74, 6) is -0.451. The van der Waals surface area contributed by atoms with Crippen LogP contribution in [0.1, 0.15) is 24.9 Å². The Morgan fingerprint density at radius 2 is 1.58 bits per heavy atom. The first-order valence-electron chi connectivity index (χ1n) is 8.26. The van der Waals surface area contributed by atoms with Crippen molar-refractivity contribution in [3.63, 3.8) is 0 Å². The van der Waals surface area contributed by atoms with Gasteiger partial charge in [0.05, 0.1) is 17.9 Å².